The lowest BCUT2D eigenvalue weighted by atomic mass is 10.2. The number of ether oxygens (including phenoxy) is 1. The van der Waals surface area contributed by atoms with Crippen molar-refractivity contribution in [1.29, 1.82) is 0 Å². The minimum atomic E-state index is -0.348. The lowest BCUT2D eigenvalue weighted by Crippen LogP contribution is -2.40. The molecule has 3 aromatic rings. The Morgan fingerprint density at radius 1 is 1.18 bits per heavy atom. The molecule has 33 heavy (non-hydrogen) atoms. The first-order valence-electron chi connectivity index (χ1n) is 10.6. The van der Waals surface area contributed by atoms with Crippen LogP contribution in [0.1, 0.15) is 21.5 Å². The third-order valence-electron chi connectivity index (χ3n) is 5.38. The second kappa shape index (κ2) is 10.6. The maximum absolute atomic E-state index is 13.4. The lowest BCUT2D eigenvalue weighted by molar-refractivity contribution is -0.132. The van der Waals surface area contributed by atoms with Crippen molar-refractivity contribution in [1.82, 2.24) is 29.5 Å². The number of nitrogens with zero attached hydrogens (tertiary/aromatic N) is 6. The van der Waals surface area contributed by atoms with Crippen molar-refractivity contribution in [2.75, 3.05) is 25.9 Å². The van der Waals surface area contributed by atoms with E-state index >= 15 is 0 Å². The maximum Gasteiger partial charge on any atom is 0.257 e. The third kappa shape index (κ3) is 5.77. The first-order chi connectivity index (χ1) is 16.0. The second-order valence-corrected chi connectivity index (χ2v) is 8.63. The normalized spacial score (nSPS) is 16.7. The van der Waals surface area contributed by atoms with Gasteiger partial charge in [-0.2, -0.15) is 5.10 Å². The Hall–Kier alpha value is -3.24. The number of amides is 2. The molecule has 0 aromatic carbocycles. The molecule has 172 valence electrons. The highest BCUT2D eigenvalue weighted by atomic mass is 32.2. The molecule has 10 heteroatoms. The standard InChI is InChI=1S/C23H26N6O3S/c1-27-11-18(10-26-27)12-28-13-19(32-16-17-5-8-24-9-6-17)14-29(15-21(28)30)23(31)20-4-3-7-25-22(20)33-2/h3-11,19H,12-16H2,1-2H3/t19-/m0/s1. The van der Waals surface area contributed by atoms with Crippen LogP contribution < -0.4 is 0 Å². The quantitative estimate of drug-likeness (QED) is 0.492. The van der Waals surface area contributed by atoms with Gasteiger partial charge in [0.2, 0.25) is 5.91 Å². The van der Waals surface area contributed by atoms with Gasteiger partial charge in [0.15, 0.2) is 0 Å². The molecule has 1 aliphatic heterocycles. The largest absolute Gasteiger partial charge is 0.370 e. The molecule has 0 saturated carbocycles. The fraction of sp³-hybridized carbons (Fsp3) is 0.348. The van der Waals surface area contributed by atoms with Crippen LogP contribution in [0.3, 0.4) is 0 Å². The number of hydrogen-bond donors (Lipinski definition) is 0. The van der Waals surface area contributed by atoms with E-state index in [0.29, 0.717) is 36.8 Å². The molecule has 0 aliphatic carbocycles. The zero-order valence-electron chi connectivity index (χ0n) is 18.6. The predicted molar refractivity (Wildman–Crippen MR) is 123 cm³/mol. The first-order valence-corrected chi connectivity index (χ1v) is 11.8. The van der Waals surface area contributed by atoms with E-state index in [1.165, 1.54) is 11.8 Å². The van der Waals surface area contributed by atoms with Crippen LogP contribution in [0.25, 0.3) is 0 Å². The van der Waals surface area contributed by atoms with Crippen molar-refractivity contribution in [2.24, 2.45) is 7.05 Å². The predicted octanol–water partition coefficient (Wildman–Crippen LogP) is 2.00. The third-order valence-corrected chi connectivity index (χ3v) is 6.09. The minimum absolute atomic E-state index is 0.0169. The van der Waals surface area contributed by atoms with Crippen molar-refractivity contribution in [3.8, 4) is 0 Å². The number of carbonyl (C=O) groups excluding carboxylic acids is 2. The van der Waals surface area contributed by atoms with E-state index in [0.717, 1.165) is 11.1 Å². The van der Waals surface area contributed by atoms with Crippen molar-refractivity contribution < 1.29 is 14.3 Å². The number of aryl methyl sites for hydroxylation is 1. The highest BCUT2D eigenvalue weighted by Gasteiger charge is 2.32. The van der Waals surface area contributed by atoms with Gasteiger partial charge in [-0.1, -0.05) is 0 Å². The van der Waals surface area contributed by atoms with Crippen LogP contribution in [0.15, 0.2) is 60.3 Å². The van der Waals surface area contributed by atoms with E-state index in [1.54, 1.807) is 51.4 Å². The Bertz CT molecular complexity index is 1110. The molecule has 3 aromatic heterocycles. The maximum atomic E-state index is 13.4. The van der Waals surface area contributed by atoms with Crippen LogP contribution in [-0.4, -0.2) is 73.4 Å². The van der Waals surface area contributed by atoms with Crippen molar-refractivity contribution >= 4 is 23.6 Å². The topological polar surface area (TPSA) is 93.5 Å². The molecule has 0 bridgehead atoms. The molecule has 0 radical (unpaired) electrons. The zero-order valence-corrected chi connectivity index (χ0v) is 19.4. The molecule has 1 aliphatic rings. The molecule has 0 spiro atoms. The van der Waals surface area contributed by atoms with Gasteiger partial charge < -0.3 is 14.5 Å². The van der Waals surface area contributed by atoms with Crippen LogP contribution in [0.4, 0.5) is 0 Å². The Morgan fingerprint density at radius 2 is 2.00 bits per heavy atom. The number of carbonyl (C=O) groups is 2. The molecule has 0 N–H and O–H groups in total. The number of pyridine rings is 2. The van der Waals surface area contributed by atoms with E-state index < -0.39 is 0 Å². The molecule has 1 atom stereocenters. The van der Waals surface area contributed by atoms with E-state index in [9.17, 15) is 9.59 Å². The Kier molecular flexibility index (Phi) is 7.36. The molecule has 4 rings (SSSR count). The van der Waals surface area contributed by atoms with E-state index in [1.807, 2.05) is 31.6 Å². The number of thioether (sulfide) groups is 1. The summed E-state index contributed by atoms with van der Waals surface area (Å²) in [6, 6.07) is 7.26. The van der Waals surface area contributed by atoms with Crippen molar-refractivity contribution in [2.45, 2.75) is 24.3 Å². The smallest absolute Gasteiger partial charge is 0.257 e. The first kappa shape index (κ1) is 22.9. The summed E-state index contributed by atoms with van der Waals surface area (Å²) in [6.45, 7) is 1.45. The van der Waals surface area contributed by atoms with Crippen LogP contribution in [0.5, 0.6) is 0 Å². The SMILES string of the molecule is CSc1ncccc1C(=O)N1CC(=O)N(Cc2cnn(C)c2)C[C@H](OCc2ccncc2)C1. The number of rotatable bonds is 7. The second-order valence-electron chi connectivity index (χ2n) is 7.83. The van der Waals surface area contributed by atoms with Gasteiger partial charge in [-0.25, -0.2) is 4.98 Å². The van der Waals surface area contributed by atoms with Gasteiger partial charge in [-0.15, -0.1) is 11.8 Å². The molecule has 4 heterocycles. The summed E-state index contributed by atoms with van der Waals surface area (Å²) >= 11 is 1.41. The fourth-order valence-corrected chi connectivity index (χ4v) is 4.29. The molecule has 1 fully saturated rings. The summed E-state index contributed by atoms with van der Waals surface area (Å²) in [5.41, 5.74) is 2.40. The summed E-state index contributed by atoms with van der Waals surface area (Å²) in [5, 5.41) is 4.83. The minimum Gasteiger partial charge on any atom is -0.370 e. The molecular formula is C23H26N6O3S. The van der Waals surface area contributed by atoms with Gasteiger partial charge in [0, 0.05) is 57.0 Å². The van der Waals surface area contributed by atoms with Gasteiger partial charge >= 0.3 is 0 Å². The van der Waals surface area contributed by atoms with E-state index in [-0.39, 0.29) is 24.5 Å². The molecule has 0 unspecified atom stereocenters. The van der Waals surface area contributed by atoms with Gasteiger partial charge in [0.1, 0.15) is 11.6 Å². The van der Waals surface area contributed by atoms with E-state index in [4.69, 9.17) is 4.74 Å². The number of aromatic nitrogens is 4. The monoisotopic (exact) mass is 466 g/mol. The van der Waals surface area contributed by atoms with Gasteiger partial charge in [-0.05, 0) is 36.1 Å². The van der Waals surface area contributed by atoms with E-state index in [2.05, 4.69) is 15.1 Å². The van der Waals surface area contributed by atoms with Crippen LogP contribution in [0, 0.1) is 0 Å². The van der Waals surface area contributed by atoms with Crippen molar-refractivity contribution in [3.05, 3.63) is 71.9 Å². The van der Waals surface area contributed by atoms with Crippen LogP contribution in [-0.2, 0) is 29.7 Å². The molecule has 1 saturated heterocycles. The summed E-state index contributed by atoms with van der Waals surface area (Å²) < 4.78 is 7.89. The summed E-state index contributed by atoms with van der Waals surface area (Å²) in [5.74, 6) is -0.349. The Morgan fingerprint density at radius 3 is 2.73 bits per heavy atom. The zero-order chi connectivity index (χ0) is 23.2. The molecule has 2 amide bonds. The van der Waals surface area contributed by atoms with Crippen LogP contribution >= 0.6 is 11.8 Å². The Labute approximate surface area is 196 Å². The van der Waals surface area contributed by atoms with Crippen LogP contribution in [0.2, 0.25) is 0 Å². The highest BCUT2D eigenvalue weighted by molar-refractivity contribution is 7.98. The Balaban J connectivity index is 1.56. The summed E-state index contributed by atoms with van der Waals surface area (Å²) in [6.07, 6.45) is 10.2. The van der Waals surface area contributed by atoms with Gasteiger partial charge in [0.05, 0.1) is 24.5 Å². The average molecular weight is 467 g/mol. The fourth-order valence-electron chi connectivity index (χ4n) is 3.75. The average Bonchev–Trinajstić information content (AvgIpc) is 3.18. The van der Waals surface area contributed by atoms with Gasteiger partial charge in [0.25, 0.3) is 5.91 Å². The lowest BCUT2D eigenvalue weighted by Gasteiger charge is -2.25. The summed E-state index contributed by atoms with van der Waals surface area (Å²) in [7, 11) is 1.84. The summed E-state index contributed by atoms with van der Waals surface area (Å²) in [4.78, 5) is 38.2. The molecular weight excluding hydrogens is 440 g/mol. The van der Waals surface area contributed by atoms with Gasteiger partial charge in [-0.3, -0.25) is 19.3 Å². The van der Waals surface area contributed by atoms with Crippen molar-refractivity contribution in [3.63, 3.8) is 0 Å². The highest BCUT2D eigenvalue weighted by Crippen LogP contribution is 2.21. The molecule has 9 nitrogen and oxygen atoms in total. The number of hydrogen-bond acceptors (Lipinski definition) is 7.